The third kappa shape index (κ3) is 6.53. The molecule has 0 spiro atoms. The number of benzene rings is 2. The first-order valence-electron chi connectivity index (χ1n) is 11.9. The predicted octanol–water partition coefficient (Wildman–Crippen LogP) is 2.82. The summed E-state index contributed by atoms with van der Waals surface area (Å²) >= 11 is 0. The summed E-state index contributed by atoms with van der Waals surface area (Å²) in [7, 11) is 0. The van der Waals surface area contributed by atoms with Crippen LogP contribution < -0.4 is 10.6 Å². The minimum Gasteiger partial charge on any atom is -0.378 e. The van der Waals surface area contributed by atoms with E-state index in [1.165, 1.54) is 12.1 Å². The second kappa shape index (κ2) is 11.7. The van der Waals surface area contributed by atoms with Crippen LogP contribution in [0.2, 0.25) is 0 Å². The lowest BCUT2D eigenvalue weighted by atomic mass is 10.0. The highest BCUT2D eigenvalue weighted by Crippen LogP contribution is 2.16. The molecule has 3 amide bonds. The van der Waals surface area contributed by atoms with E-state index in [9.17, 15) is 18.8 Å². The fourth-order valence-corrected chi connectivity index (χ4v) is 3.91. The molecule has 0 bridgehead atoms. The highest BCUT2D eigenvalue weighted by atomic mass is 19.1. The number of carbonyl (C=O) groups is 3. The number of aryl methyl sites for hydroxylation is 1. The van der Waals surface area contributed by atoms with Crippen LogP contribution in [0.25, 0.3) is 0 Å². The third-order valence-corrected chi connectivity index (χ3v) is 6.11. The van der Waals surface area contributed by atoms with E-state index >= 15 is 0 Å². The van der Waals surface area contributed by atoms with Gasteiger partial charge in [0, 0.05) is 31.3 Å². The molecule has 0 radical (unpaired) electrons. The van der Waals surface area contributed by atoms with Gasteiger partial charge in [-0.2, -0.15) is 0 Å². The lowest BCUT2D eigenvalue weighted by Gasteiger charge is -2.27. The molecule has 1 aliphatic rings. The van der Waals surface area contributed by atoms with Crippen LogP contribution in [-0.4, -0.2) is 58.9 Å². The second-order valence-corrected chi connectivity index (χ2v) is 8.78. The lowest BCUT2D eigenvalue weighted by molar-refractivity contribution is 0.0303. The zero-order chi connectivity index (χ0) is 26.4. The molecular weight excluding hydrogens is 477 g/mol. The smallest absolute Gasteiger partial charge is 0.270 e. The topological polar surface area (TPSA) is 114 Å². The molecule has 9 nitrogen and oxygen atoms in total. The zero-order valence-electron chi connectivity index (χ0n) is 20.7. The molecule has 0 saturated carbocycles. The maximum atomic E-state index is 13.4. The molecule has 10 heteroatoms. The van der Waals surface area contributed by atoms with E-state index in [0.29, 0.717) is 37.4 Å². The van der Waals surface area contributed by atoms with Crippen LogP contribution >= 0.6 is 0 Å². The molecule has 4 rings (SSSR count). The first-order valence-corrected chi connectivity index (χ1v) is 11.9. The number of nitrogens with one attached hydrogen (secondary N) is 2. The van der Waals surface area contributed by atoms with Crippen molar-refractivity contribution in [2.45, 2.75) is 26.4 Å². The molecular formula is C27H28FN5O4. The Labute approximate surface area is 214 Å². The van der Waals surface area contributed by atoms with Crippen LogP contribution in [0.3, 0.4) is 0 Å². The summed E-state index contributed by atoms with van der Waals surface area (Å²) in [6, 6.07) is 12.6. The number of rotatable bonds is 7. The Hall–Kier alpha value is -4.18. The average molecular weight is 506 g/mol. The van der Waals surface area contributed by atoms with Crippen LogP contribution in [0.5, 0.6) is 0 Å². The van der Waals surface area contributed by atoms with Gasteiger partial charge >= 0.3 is 0 Å². The van der Waals surface area contributed by atoms with Crippen LogP contribution in [0.15, 0.2) is 54.9 Å². The van der Waals surface area contributed by atoms with Gasteiger partial charge in [-0.15, -0.1) is 0 Å². The predicted molar refractivity (Wildman–Crippen MR) is 133 cm³/mol. The van der Waals surface area contributed by atoms with E-state index in [-0.39, 0.29) is 35.7 Å². The van der Waals surface area contributed by atoms with E-state index < -0.39 is 11.8 Å². The molecule has 1 aliphatic heterocycles. The van der Waals surface area contributed by atoms with E-state index in [1.807, 2.05) is 6.92 Å². The maximum Gasteiger partial charge on any atom is 0.270 e. The van der Waals surface area contributed by atoms with Gasteiger partial charge in [0.05, 0.1) is 19.3 Å². The number of aromatic nitrogens is 2. The Morgan fingerprint density at radius 2 is 1.68 bits per heavy atom. The lowest BCUT2D eigenvalue weighted by Crippen LogP contribution is -2.40. The van der Waals surface area contributed by atoms with Gasteiger partial charge in [-0.05, 0) is 48.7 Å². The molecule has 2 N–H and O–H groups in total. The zero-order valence-corrected chi connectivity index (χ0v) is 20.7. The maximum absolute atomic E-state index is 13.4. The van der Waals surface area contributed by atoms with E-state index in [0.717, 1.165) is 17.5 Å². The Morgan fingerprint density at radius 1 is 1.00 bits per heavy atom. The summed E-state index contributed by atoms with van der Waals surface area (Å²) < 4.78 is 18.7. The number of carbonyl (C=O) groups excluding carboxylic acids is 3. The third-order valence-electron chi connectivity index (χ3n) is 6.11. The van der Waals surface area contributed by atoms with Gasteiger partial charge in [-0.3, -0.25) is 14.4 Å². The van der Waals surface area contributed by atoms with E-state index in [2.05, 4.69) is 20.6 Å². The van der Waals surface area contributed by atoms with Crippen molar-refractivity contribution >= 4 is 17.7 Å². The summed E-state index contributed by atoms with van der Waals surface area (Å²) in [4.78, 5) is 47.7. The van der Waals surface area contributed by atoms with Gasteiger partial charge in [0.25, 0.3) is 17.7 Å². The summed E-state index contributed by atoms with van der Waals surface area (Å²) in [6.07, 6.45) is 1.16. The van der Waals surface area contributed by atoms with Crippen molar-refractivity contribution in [3.05, 3.63) is 94.3 Å². The fourth-order valence-electron chi connectivity index (χ4n) is 3.91. The molecule has 1 saturated heterocycles. The number of hydrogen-bond acceptors (Lipinski definition) is 6. The Bertz CT molecular complexity index is 1290. The standard InChI is InChI=1S/C27H28FN5O4/c1-17-13-19(3-8-22(17)28)15-29-25(34)23-14-24(31-16-30-23)26(35)32-18(2)20-4-6-21(7-5-20)27(36)33-9-11-37-12-10-33/h3-8,13-14,16,18H,9-12,15H2,1-2H3,(H,29,34)(H,32,35)/t18-/m0/s1. The number of amides is 3. The molecule has 1 fully saturated rings. The summed E-state index contributed by atoms with van der Waals surface area (Å²) in [5.41, 5.74) is 2.70. The average Bonchev–Trinajstić information content (AvgIpc) is 2.93. The SMILES string of the molecule is Cc1cc(CNC(=O)c2cc(C(=O)N[C@@H](C)c3ccc(C(=O)N4CCOCC4)cc3)ncn2)ccc1F. The van der Waals surface area contributed by atoms with Gasteiger partial charge < -0.3 is 20.3 Å². The van der Waals surface area contributed by atoms with Crippen molar-refractivity contribution in [3.8, 4) is 0 Å². The van der Waals surface area contributed by atoms with Crippen molar-refractivity contribution < 1.29 is 23.5 Å². The Morgan fingerprint density at radius 3 is 2.35 bits per heavy atom. The summed E-state index contributed by atoms with van der Waals surface area (Å²) in [5, 5.41) is 5.56. The van der Waals surface area contributed by atoms with Crippen molar-refractivity contribution in [3.63, 3.8) is 0 Å². The Balaban J connectivity index is 1.34. The highest BCUT2D eigenvalue weighted by Gasteiger charge is 2.20. The van der Waals surface area contributed by atoms with Crippen molar-refractivity contribution in [1.29, 1.82) is 0 Å². The number of ether oxygens (including phenoxy) is 1. The van der Waals surface area contributed by atoms with E-state index in [1.54, 1.807) is 48.2 Å². The van der Waals surface area contributed by atoms with Crippen molar-refractivity contribution in [2.75, 3.05) is 26.3 Å². The van der Waals surface area contributed by atoms with Crippen LogP contribution in [-0.2, 0) is 11.3 Å². The normalized spacial score (nSPS) is 14.1. The quantitative estimate of drug-likeness (QED) is 0.511. The molecule has 2 heterocycles. The van der Waals surface area contributed by atoms with Gasteiger partial charge in [0.1, 0.15) is 23.5 Å². The van der Waals surface area contributed by atoms with Gasteiger partial charge in [-0.25, -0.2) is 14.4 Å². The van der Waals surface area contributed by atoms with Crippen LogP contribution in [0, 0.1) is 12.7 Å². The van der Waals surface area contributed by atoms with Gasteiger partial charge in [0.15, 0.2) is 0 Å². The summed E-state index contributed by atoms with van der Waals surface area (Å²) in [5.74, 6) is -1.31. The molecule has 192 valence electrons. The van der Waals surface area contributed by atoms with E-state index in [4.69, 9.17) is 4.74 Å². The largest absolute Gasteiger partial charge is 0.378 e. The molecule has 0 unspecified atom stereocenters. The monoisotopic (exact) mass is 505 g/mol. The van der Waals surface area contributed by atoms with Crippen LogP contribution in [0.1, 0.15) is 61.0 Å². The van der Waals surface area contributed by atoms with Gasteiger partial charge in [-0.1, -0.05) is 24.3 Å². The molecule has 1 atom stereocenters. The first-order chi connectivity index (χ1) is 17.8. The van der Waals surface area contributed by atoms with Crippen molar-refractivity contribution in [2.24, 2.45) is 0 Å². The number of halogens is 1. The minimum absolute atomic E-state index is 0.0395. The second-order valence-electron chi connectivity index (χ2n) is 8.78. The molecule has 37 heavy (non-hydrogen) atoms. The molecule has 3 aromatic rings. The highest BCUT2D eigenvalue weighted by molar-refractivity contribution is 5.97. The first kappa shape index (κ1) is 25.9. The number of nitrogens with zero attached hydrogens (tertiary/aromatic N) is 3. The molecule has 1 aromatic heterocycles. The number of morpholine rings is 1. The van der Waals surface area contributed by atoms with Gasteiger partial charge in [0.2, 0.25) is 0 Å². The van der Waals surface area contributed by atoms with Crippen LogP contribution in [0.4, 0.5) is 4.39 Å². The van der Waals surface area contributed by atoms with Crippen molar-refractivity contribution in [1.82, 2.24) is 25.5 Å². The summed E-state index contributed by atoms with van der Waals surface area (Å²) in [6.45, 7) is 5.86. The fraction of sp³-hybridized carbons (Fsp3) is 0.296. The molecule has 0 aliphatic carbocycles. The minimum atomic E-state index is -0.480. The molecule has 2 aromatic carbocycles. The number of hydrogen-bond donors (Lipinski definition) is 2. The Kier molecular flexibility index (Phi) is 8.19.